The van der Waals surface area contributed by atoms with Crippen LogP contribution in [0.1, 0.15) is 21.5 Å². The van der Waals surface area contributed by atoms with E-state index in [1.165, 1.54) is 6.07 Å². The predicted octanol–water partition coefficient (Wildman–Crippen LogP) is 2.90. The monoisotopic (exact) mass is 281 g/mol. The third kappa shape index (κ3) is 2.03. The van der Waals surface area contributed by atoms with Crippen molar-refractivity contribution >= 4 is 17.4 Å². The van der Waals surface area contributed by atoms with E-state index >= 15 is 0 Å². The lowest BCUT2D eigenvalue weighted by Gasteiger charge is -2.05. The van der Waals surface area contributed by atoms with E-state index in [0.29, 0.717) is 17.2 Å². The van der Waals surface area contributed by atoms with Crippen molar-refractivity contribution in [1.82, 2.24) is 9.38 Å². The Morgan fingerprint density at radius 2 is 2.05 bits per heavy atom. The number of pyridine rings is 1. The normalized spacial score (nSPS) is 11.0. The third-order valence-electron chi connectivity index (χ3n) is 3.57. The minimum Gasteiger partial charge on any atom is -0.478 e. The van der Waals surface area contributed by atoms with Crippen molar-refractivity contribution < 1.29 is 9.90 Å². The molecule has 0 unspecified atom stereocenters. The van der Waals surface area contributed by atoms with E-state index in [0.717, 1.165) is 16.7 Å². The number of anilines is 1. The Kier molecular flexibility index (Phi) is 2.90. The van der Waals surface area contributed by atoms with E-state index in [1.807, 2.05) is 32.0 Å². The lowest BCUT2D eigenvalue weighted by molar-refractivity contribution is 0.0698. The summed E-state index contributed by atoms with van der Waals surface area (Å²) in [4.78, 5) is 15.8. The average Bonchev–Trinajstić information content (AvgIpc) is 2.79. The Bertz CT molecular complexity index is 865. The van der Waals surface area contributed by atoms with Gasteiger partial charge in [0.25, 0.3) is 0 Å². The van der Waals surface area contributed by atoms with Gasteiger partial charge in [0.15, 0.2) is 5.65 Å². The van der Waals surface area contributed by atoms with Crippen LogP contribution in [0.2, 0.25) is 0 Å². The van der Waals surface area contributed by atoms with Gasteiger partial charge in [-0.15, -0.1) is 0 Å². The van der Waals surface area contributed by atoms with E-state index in [1.54, 1.807) is 16.7 Å². The zero-order valence-corrected chi connectivity index (χ0v) is 11.8. The van der Waals surface area contributed by atoms with Crippen LogP contribution in [0.5, 0.6) is 0 Å². The second-order valence-corrected chi connectivity index (χ2v) is 5.08. The van der Waals surface area contributed by atoms with Gasteiger partial charge in [-0.3, -0.25) is 4.40 Å². The number of aryl methyl sites for hydroxylation is 2. The Balaban J connectivity index is 2.34. The summed E-state index contributed by atoms with van der Waals surface area (Å²) in [5, 5.41) is 9.26. The standard InChI is InChI=1S/C16H15N3O2/c1-9-5-6-10(2)12(8-9)13-14(17)19-7-3-4-11(16(20)21)15(19)18-13/h3-8H,17H2,1-2H3,(H,20,21). The number of aromatic carboxylic acids is 1. The average molecular weight is 281 g/mol. The highest BCUT2D eigenvalue weighted by Gasteiger charge is 2.17. The Morgan fingerprint density at radius 3 is 2.76 bits per heavy atom. The fraction of sp³-hybridized carbons (Fsp3) is 0.125. The number of rotatable bonds is 2. The molecular formula is C16H15N3O2. The fourth-order valence-corrected chi connectivity index (χ4v) is 2.44. The van der Waals surface area contributed by atoms with Crippen LogP contribution >= 0.6 is 0 Å². The molecule has 0 aliphatic rings. The number of hydrogen-bond acceptors (Lipinski definition) is 3. The molecule has 0 atom stereocenters. The number of aromatic nitrogens is 2. The zero-order valence-electron chi connectivity index (χ0n) is 11.8. The van der Waals surface area contributed by atoms with Crippen molar-refractivity contribution in [2.75, 3.05) is 5.73 Å². The first-order chi connectivity index (χ1) is 9.99. The molecule has 0 fully saturated rings. The summed E-state index contributed by atoms with van der Waals surface area (Å²) in [7, 11) is 0. The molecule has 0 aliphatic carbocycles. The van der Waals surface area contributed by atoms with E-state index in [4.69, 9.17) is 5.73 Å². The SMILES string of the molecule is Cc1ccc(C)c(-c2nc3c(C(=O)O)cccn3c2N)c1. The molecule has 0 saturated carbocycles. The van der Waals surface area contributed by atoms with Gasteiger partial charge in [-0.1, -0.05) is 17.7 Å². The van der Waals surface area contributed by atoms with Crippen molar-refractivity contribution in [3.63, 3.8) is 0 Å². The number of benzene rings is 1. The first-order valence-corrected chi connectivity index (χ1v) is 6.56. The van der Waals surface area contributed by atoms with Crippen LogP contribution in [-0.4, -0.2) is 20.5 Å². The van der Waals surface area contributed by atoms with Crippen molar-refractivity contribution in [1.29, 1.82) is 0 Å². The molecule has 0 spiro atoms. The lowest BCUT2D eigenvalue weighted by Crippen LogP contribution is -2.01. The molecule has 0 radical (unpaired) electrons. The summed E-state index contributed by atoms with van der Waals surface area (Å²) < 4.78 is 1.61. The highest BCUT2D eigenvalue weighted by molar-refractivity contribution is 5.96. The number of carboxylic acids is 1. The Hall–Kier alpha value is -2.82. The maximum Gasteiger partial charge on any atom is 0.339 e. The maximum absolute atomic E-state index is 11.3. The topological polar surface area (TPSA) is 80.6 Å². The molecule has 2 heterocycles. The van der Waals surface area contributed by atoms with E-state index in [2.05, 4.69) is 4.98 Å². The summed E-state index contributed by atoms with van der Waals surface area (Å²) >= 11 is 0. The van der Waals surface area contributed by atoms with Crippen LogP contribution in [-0.2, 0) is 0 Å². The quantitative estimate of drug-likeness (QED) is 0.756. The van der Waals surface area contributed by atoms with Crippen LogP contribution in [0.15, 0.2) is 36.5 Å². The number of imidazole rings is 1. The summed E-state index contributed by atoms with van der Waals surface area (Å²) in [5.41, 5.74) is 10.4. The van der Waals surface area contributed by atoms with Gasteiger partial charge in [-0.2, -0.15) is 0 Å². The second-order valence-electron chi connectivity index (χ2n) is 5.08. The zero-order chi connectivity index (χ0) is 15.1. The molecule has 0 amide bonds. The van der Waals surface area contributed by atoms with Gasteiger partial charge in [-0.25, -0.2) is 9.78 Å². The molecule has 21 heavy (non-hydrogen) atoms. The summed E-state index contributed by atoms with van der Waals surface area (Å²) in [6.07, 6.45) is 1.72. The van der Waals surface area contributed by atoms with Crippen molar-refractivity contribution in [2.24, 2.45) is 0 Å². The number of nitrogens with zero attached hydrogens (tertiary/aromatic N) is 2. The number of carboxylic acid groups (broad SMARTS) is 1. The first-order valence-electron chi connectivity index (χ1n) is 6.56. The van der Waals surface area contributed by atoms with Crippen LogP contribution in [0.25, 0.3) is 16.9 Å². The van der Waals surface area contributed by atoms with Gasteiger partial charge in [0, 0.05) is 11.8 Å². The number of fused-ring (bicyclic) bond motifs is 1. The summed E-state index contributed by atoms with van der Waals surface area (Å²) in [6.45, 7) is 3.98. The van der Waals surface area contributed by atoms with Gasteiger partial charge >= 0.3 is 5.97 Å². The van der Waals surface area contributed by atoms with Crippen molar-refractivity contribution in [3.8, 4) is 11.3 Å². The molecule has 3 N–H and O–H groups in total. The van der Waals surface area contributed by atoms with Crippen LogP contribution < -0.4 is 5.73 Å². The molecule has 2 aromatic heterocycles. The van der Waals surface area contributed by atoms with Gasteiger partial charge < -0.3 is 10.8 Å². The van der Waals surface area contributed by atoms with Gasteiger partial charge in [-0.05, 0) is 37.6 Å². The lowest BCUT2D eigenvalue weighted by atomic mass is 10.0. The second kappa shape index (κ2) is 4.63. The molecule has 1 aromatic carbocycles. The van der Waals surface area contributed by atoms with Crippen molar-refractivity contribution in [2.45, 2.75) is 13.8 Å². The molecule has 106 valence electrons. The molecule has 5 heteroatoms. The van der Waals surface area contributed by atoms with Gasteiger partial charge in [0.1, 0.15) is 17.1 Å². The van der Waals surface area contributed by atoms with E-state index in [-0.39, 0.29) is 5.56 Å². The van der Waals surface area contributed by atoms with Crippen molar-refractivity contribution in [3.05, 3.63) is 53.2 Å². The molecular weight excluding hydrogens is 266 g/mol. The Morgan fingerprint density at radius 1 is 1.29 bits per heavy atom. The highest BCUT2D eigenvalue weighted by atomic mass is 16.4. The predicted molar refractivity (Wildman–Crippen MR) is 81.5 cm³/mol. The smallest absolute Gasteiger partial charge is 0.339 e. The van der Waals surface area contributed by atoms with Gasteiger partial charge in [0.2, 0.25) is 0 Å². The molecule has 5 nitrogen and oxygen atoms in total. The molecule has 3 rings (SSSR count). The number of nitrogens with two attached hydrogens (primary N) is 1. The summed E-state index contributed by atoms with van der Waals surface area (Å²) in [5.74, 6) is -0.570. The largest absolute Gasteiger partial charge is 0.478 e. The number of hydrogen-bond donors (Lipinski definition) is 2. The Labute approximate surface area is 121 Å². The maximum atomic E-state index is 11.3. The minimum atomic E-state index is -1.02. The van der Waals surface area contributed by atoms with Crippen LogP contribution in [0.4, 0.5) is 5.82 Å². The van der Waals surface area contributed by atoms with Crippen LogP contribution in [0.3, 0.4) is 0 Å². The van der Waals surface area contributed by atoms with E-state index in [9.17, 15) is 9.90 Å². The fourth-order valence-electron chi connectivity index (χ4n) is 2.44. The molecule has 3 aromatic rings. The highest BCUT2D eigenvalue weighted by Crippen LogP contribution is 2.30. The third-order valence-corrected chi connectivity index (χ3v) is 3.57. The number of nitrogen functional groups attached to an aromatic ring is 1. The molecule has 0 bridgehead atoms. The first kappa shape index (κ1) is 13.2. The minimum absolute atomic E-state index is 0.140. The molecule has 0 aliphatic heterocycles. The van der Waals surface area contributed by atoms with Crippen LogP contribution in [0, 0.1) is 13.8 Å². The summed E-state index contributed by atoms with van der Waals surface area (Å²) in [6, 6.07) is 9.21. The van der Waals surface area contributed by atoms with E-state index < -0.39 is 5.97 Å². The number of carbonyl (C=O) groups is 1. The molecule has 0 saturated heterocycles. The van der Waals surface area contributed by atoms with Gasteiger partial charge in [0.05, 0.1) is 0 Å².